The Bertz CT molecular complexity index is 320. The first-order valence-corrected chi connectivity index (χ1v) is 6.01. The third kappa shape index (κ3) is 5.35. The Hall–Kier alpha value is -0.840. The van der Waals surface area contributed by atoms with E-state index in [1.165, 1.54) is 5.56 Å². The number of furan rings is 1. The molecule has 0 aliphatic carbocycles. The summed E-state index contributed by atoms with van der Waals surface area (Å²) in [6.45, 7) is 8.77. The molecule has 1 rings (SSSR count). The maximum Gasteiger partial charge on any atom is 0.130 e. The minimum Gasteiger partial charge on any atom is -0.462 e. The summed E-state index contributed by atoms with van der Waals surface area (Å²) in [6.07, 6.45) is 0. The molecule has 17 heavy (non-hydrogen) atoms. The van der Waals surface area contributed by atoms with Gasteiger partial charge < -0.3 is 19.2 Å². The van der Waals surface area contributed by atoms with Gasteiger partial charge in [-0.05, 0) is 18.6 Å². The van der Waals surface area contributed by atoms with Crippen molar-refractivity contribution in [3.05, 3.63) is 23.2 Å². The minimum absolute atomic E-state index is 0.459. The lowest BCUT2D eigenvalue weighted by Gasteiger charge is -2.06. The topological polar surface area (TPSA) is 43.6 Å². The predicted octanol–water partition coefficient (Wildman–Crippen LogP) is 2.25. The van der Waals surface area contributed by atoms with E-state index < -0.39 is 0 Å². The standard InChI is InChI=1S/C13H23NO3/c1-10(2)14-8-13-11(3)7-12(17-13)9-16-6-5-15-4/h7,10,14H,5-6,8-9H2,1-4H3. The normalized spacial score (nSPS) is 11.4. The zero-order valence-electron chi connectivity index (χ0n) is 11.2. The molecule has 0 aliphatic heterocycles. The van der Waals surface area contributed by atoms with Crippen LogP contribution in [-0.2, 0) is 22.6 Å². The van der Waals surface area contributed by atoms with Crippen LogP contribution in [0.4, 0.5) is 0 Å². The molecule has 0 radical (unpaired) electrons. The van der Waals surface area contributed by atoms with Gasteiger partial charge in [0.2, 0.25) is 0 Å². The van der Waals surface area contributed by atoms with E-state index in [9.17, 15) is 0 Å². The van der Waals surface area contributed by atoms with Crippen molar-refractivity contribution in [1.82, 2.24) is 5.32 Å². The van der Waals surface area contributed by atoms with Crippen molar-refractivity contribution in [3.8, 4) is 0 Å². The maximum absolute atomic E-state index is 5.72. The molecule has 0 spiro atoms. The van der Waals surface area contributed by atoms with Crippen molar-refractivity contribution < 1.29 is 13.9 Å². The Morgan fingerprint density at radius 2 is 2.12 bits per heavy atom. The molecule has 98 valence electrons. The molecule has 0 aliphatic rings. The van der Waals surface area contributed by atoms with Crippen LogP contribution in [0.3, 0.4) is 0 Å². The highest BCUT2D eigenvalue weighted by Crippen LogP contribution is 2.15. The fourth-order valence-corrected chi connectivity index (χ4v) is 1.45. The van der Waals surface area contributed by atoms with Gasteiger partial charge in [-0.15, -0.1) is 0 Å². The Labute approximate surface area is 103 Å². The van der Waals surface area contributed by atoms with Crippen molar-refractivity contribution in [3.63, 3.8) is 0 Å². The monoisotopic (exact) mass is 241 g/mol. The summed E-state index contributed by atoms with van der Waals surface area (Å²) < 4.78 is 16.0. The first kappa shape index (κ1) is 14.2. The van der Waals surface area contributed by atoms with Crippen LogP contribution in [0.2, 0.25) is 0 Å². The van der Waals surface area contributed by atoms with Crippen LogP contribution in [0.25, 0.3) is 0 Å². The molecule has 1 N–H and O–H groups in total. The summed E-state index contributed by atoms with van der Waals surface area (Å²) in [5.74, 6) is 1.86. The first-order valence-electron chi connectivity index (χ1n) is 6.01. The second-order valence-corrected chi connectivity index (χ2v) is 4.40. The van der Waals surface area contributed by atoms with Crippen LogP contribution in [0, 0.1) is 6.92 Å². The van der Waals surface area contributed by atoms with Gasteiger partial charge >= 0.3 is 0 Å². The van der Waals surface area contributed by atoms with Crippen LogP contribution in [-0.4, -0.2) is 26.4 Å². The lowest BCUT2D eigenvalue weighted by atomic mass is 10.2. The molecular formula is C13H23NO3. The van der Waals surface area contributed by atoms with Gasteiger partial charge in [0, 0.05) is 13.2 Å². The molecule has 0 unspecified atom stereocenters. The van der Waals surface area contributed by atoms with Crippen LogP contribution in [0.5, 0.6) is 0 Å². The highest BCUT2D eigenvalue weighted by molar-refractivity contribution is 5.19. The number of methoxy groups -OCH3 is 1. The van der Waals surface area contributed by atoms with E-state index in [-0.39, 0.29) is 0 Å². The van der Waals surface area contributed by atoms with E-state index in [1.807, 2.05) is 6.07 Å². The molecule has 1 aromatic rings. The molecule has 0 aromatic carbocycles. The van der Waals surface area contributed by atoms with Crippen LogP contribution >= 0.6 is 0 Å². The highest BCUT2D eigenvalue weighted by atomic mass is 16.5. The van der Waals surface area contributed by atoms with E-state index >= 15 is 0 Å². The third-order valence-electron chi connectivity index (χ3n) is 2.42. The van der Waals surface area contributed by atoms with E-state index in [0.717, 1.165) is 18.1 Å². The van der Waals surface area contributed by atoms with Crippen LogP contribution < -0.4 is 5.32 Å². The zero-order valence-corrected chi connectivity index (χ0v) is 11.2. The molecule has 1 aromatic heterocycles. The number of nitrogens with one attached hydrogen (secondary N) is 1. The van der Waals surface area contributed by atoms with Gasteiger partial charge in [-0.25, -0.2) is 0 Å². The van der Waals surface area contributed by atoms with Gasteiger partial charge in [0.05, 0.1) is 19.8 Å². The summed E-state index contributed by atoms with van der Waals surface area (Å²) in [5, 5.41) is 3.34. The van der Waals surface area contributed by atoms with Gasteiger partial charge in [0.15, 0.2) is 0 Å². The Kier molecular flexibility index (Phi) is 6.26. The number of hydrogen-bond donors (Lipinski definition) is 1. The molecule has 0 bridgehead atoms. The largest absolute Gasteiger partial charge is 0.462 e. The lowest BCUT2D eigenvalue weighted by Crippen LogP contribution is -2.21. The van der Waals surface area contributed by atoms with Crippen LogP contribution in [0.1, 0.15) is 30.9 Å². The summed E-state index contributed by atoms with van der Waals surface area (Å²) in [6, 6.07) is 2.49. The minimum atomic E-state index is 0.459. The molecule has 0 saturated heterocycles. The number of hydrogen-bond acceptors (Lipinski definition) is 4. The second-order valence-electron chi connectivity index (χ2n) is 4.40. The quantitative estimate of drug-likeness (QED) is 0.709. The van der Waals surface area contributed by atoms with Crippen molar-refractivity contribution >= 4 is 0 Å². The molecule has 0 fully saturated rings. The summed E-state index contributed by atoms with van der Waals surface area (Å²) in [5.41, 5.74) is 1.17. The van der Waals surface area contributed by atoms with Crippen molar-refractivity contribution in [1.29, 1.82) is 0 Å². The zero-order chi connectivity index (χ0) is 12.7. The number of ether oxygens (including phenoxy) is 2. The van der Waals surface area contributed by atoms with Crippen molar-refractivity contribution in [2.45, 2.75) is 40.0 Å². The van der Waals surface area contributed by atoms with E-state index in [1.54, 1.807) is 7.11 Å². The predicted molar refractivity (Wildman–Crippen MR) is 67.0 cm³/mol. The number of aryl methyl sites for hydroxylation is 1. The average Bonchev–Trinajstić information content (AvgIpc) is 2.63. The fourth-order valence-electron chi connectivity index (χ4n) is 1.45. The number of rotatable bonds is 8. The highest BCUT2D eigenvalue weighted by Gasteiger charge is 2.07. The summed E-state index contributed by atoms with van der Waals surface area (Å²) in [7, 11) is 1.66. The van der Waals surface area contributed by atoms with Gasteiger partial charge in [-0.2, -0.15) is 0 Å². The van der Waals surface area contributed by atoms with E-state index in [4.69, 9.17) is 13.9 Å². The third-order valence-corrected chi connectivity index (χ3v) is 2.42. The molecular weight excluding hydrogens is 218 g/mol. The lowest BCUT2D eigenvalue weighted by molar-refractivity contribution is 0.0533. The van der Waals surface area contributed by atoms with Gasteiger partial charge in [0.1, 0.15) is 18.1 Å². The summed E-state index contributed by atoms with van der Waals surface area (Å²) >= 11 is 0. The smallest absolute Gasteiger partial charge is 0.130 e. The SMILES string of the molecule is COCCOCc1cc(C)c(CNC(C)C)o1. The second kappa shape index (κ2) is 7.48. The van der Waals surface area contributed by atoms with Gasteiger partial charge in [0.25, 0.3) is 0 Å². The maximum atomic E-state index is 5.72. The molecule has 4 nitrogen and oxygen atoms in total. The van der Waals surface area contributed by atoms with Crippen molar-refractivity contribution in [2.24, 2.45) is 0 Å². The Balaban J connectivity index is 2.38. The van der Waals surface area contributed by atoms with Gasteiger partial charge in [-0.1, -0.05) is 13.8 Å². The van der Waals surface area contributed by atoms with Crippen LogP contribution in [0.15, 0.2) is 10.5 Å². The molecule has 4 heteroatoms. The van der Waals surface area contributed by atoms with Gasteiger partial charge in [-0.3, -0.25) is 0 Å². The Morgan fingerprint density at radius 1 is 1.35 bits per heavy atom. The average molecular weight is 241 g/mol. The summed E-state index contributed by atoms with van der Waals surface area (Å²) in [4.78, 5) is 0. The van der Waals surface area contributed by atoms with Crippen molar-refractivity contribution in [2.75, 3.05) is 20.3 Å². The van der Waals surface area contributed by atoms with E-state index in [0.29, 0.717) is 25.9 Å². The Morgan fingerprint density at radius 3 is 2.76 bits per heavy atom. The first-order chi connectivity index (χ1) is 8.13. The molecule has 0 atom stereocenters. The fraction of sp³-hybridized carbons (Fsp3) is 0.692. The molecule has 0 saturated carbocycles. The molecule has 0 amide bonds. The molecule has 1 heterocycles. The van der Waals surface area contributed by atoms with E-state index in [2.05, 4.69) is 26.1 Å².